The van der Waals surface area contributed by atoms with Crippen LogP contribution in [-0.4, -0.2) is 68.8 Å². The summed E-state index contributed by atoms with van der Waals surface area (Å²) in [6.07, 6.45) is 1.31. The first-order valence-electron chi connectivity index (χ1n) is 7.46. The molecular formula is C13H25N3O4S. The van der Waals surface area contributed by atoms with Gasteiger partial charge in [0, 0.05) is 32.2 Å². The predicted molar refractivity (Wildman–Crippen MR) is 79.4 cm³/mol. The summed E-state index contributed by atoms with van der Waals surface area (Å²) in [5.41, 5.74) is -0.226. The number of nitrogens with zero attached hydrogens (tertiary/aromatic N) is 1. The third kappa shape index (κ3) is 4.38. The Morgan fingerprint density at radius 3 is 2.48 bits per heavy atom. The van der Waals surface area contributed by atoms with Crippen LogP contribution in [0.25, 0.3) is 0 Å². The highest BCUT2D eigenvalue weighted by molar-refractivity contribution is 7.89. The molecule has 0 aliphatic carbocycles. The number of ether oxygens (including phenoxy) is 1. The number of piperidine rings is 1. The van der Waals surface area contributed by atoms with E-state index in [4.69, 9.17) is 4.74 Å². The Kier molecular flexibility index (Phi) is 5.24. The Hall–Kier alpha value is -0.700. The number of carbonyl (C=O) groups excluding carboxylic acids is 1. The predicted octanol–water partition coefficient (Wildman–Crippen LogP) is -0.705. The van der Waals surface area contributed by atoms with Gasteiger partial charge in [0.2, 0.25) is 15.9 Å². The van der Waals surface area contributed by atoms with E-state index in [0.717, 1.165) is 13.1 Å². The number of rotatable bonds is 6. The highest BCUT2D eigenvalue weighted by Gasteiger charge is 2.33. The lowest BCUT2D eigenvalue weighted by atomic mass is 10.0. The highest BCUT2D eigenvalue weighted by Crippen LogP contribution is 2.16. The van der Waals surface area contributed by atoms with Crippen LogP contribution in [0.4, 0.5) is 0 Å². The zero-order valence-electron chi connectivity index (χ0n) is 12.7. The maximum atomic E-state index is 11.8. The number of hydrogen-bond donors (Lipinski definition) is 2. The molecule has 0 saturated carbocycles. The Morgan fingerprint density at radius 1 is 1.38 bits per heavy atom. The van der Waals surface area contributed by atoms with E-state index in [2.05, 4.69) is 10.6 Å². The van der Waals surface area contributed by atoms with Crippen molar-refractivity contribution < 1.29 is 17.9 Å². The fourth-order valence-corrected chi connectivity index (χ4v) is 3.68. The third-order valence-corrected chi connectivity index (χ3v) is 6.01. The van der Waals surface area contributed by atoms with Crippen molar-refractivity contribution in [3.05, 3.63) is 0 Å². The molecule has 0 aromatic rings. The van der Waals surface area contributed by atoms with Gasteiger partial charge >= 0.3 is 0 Å². The monoisotopic (exact) mass is 319 g/mol. The van der Waals surface area contributed by atoms with Gasteiger partial charge in [0.15, 0.2) is 0 Å². The lowest BCUT2D eigenvalue weighted by molar-refractivity contribution is -0.136. The summed E-state index contributed by atoms with van der Waals surface area (Å²) in [4.78, 5) is 11.8. The van der Waals surface area contributed by atoms with Crippen molar-refractivity contribution in [1.82, 2.24) is 14.9 Å². The second-order valence-corrected chi connectivity index (χ2v) is 8.24. The van der Waals surface area contributed by atoms with Crippen molar-refractivity contribution in [2.24, 2.45) is 0 Å². The zero-order chi connectivity index (χ0) is 15.5. The van der Waals surface area contributed by atoms with Crippen LogP contribution in [0, 0.1) is 0 Å². The summed E-state index contributed by atoms with van der Waals surface area (Å²) in [6, 6.07) is 0.0386. The molecule has 2 heterocycles. The molecule has 21 heavy (non-hydrogen) atoms. The van der Waals surface area contributed by atoms with Gasteiger partial charge in [-0.3, -0.25) is 4.79 Å². The van der Waals surface area contributed by atoms with Crippen molar-refractivity contribution in [1.29, 1.82) is 0 Å². The first-order valence-corrected chi connectivity index (χ1v) is 9.07. The van der Waals surface area contributed by atoms with Crippen LogP contribution in [0.3, 0.4) is 0 Å². The molecule has 2 N–H and O–H groups in total. The summed E-state index contributed by atoms with van der Waals surface area (Å²) < 4.78 is 30.6. The molecule has 2 saturated heterocycles. The van der Waals surface area contributed by atoms with Crippen molar-refractivity contribution in [2.45, 2.75) is 38.3 Å². The van der Waals surface area contributed by atoms with Gasteiger partial charge in [-0.1, -0.05) is 0 Å². The standard InChI is InChI=1S/C13H25N3O4S/c1-3-21(18,19)16-6-4-11(5-7-16)15-12(17)8-20-13(2)9-14-10-13/h11,14H,3-10H2,1-2H3,(H,15,17). The van der Waals surface area contributed by atoms with E-state index < -0.39 is 10.0 Å². The molecule has 0 aromatic heterocycles. The molecule has 0 atom stereocenters. The summed E-state index contributed by atoms with van der Waals surface area (Å²) >= 11 is 0. The molecule has 2 fully saturated rings. The molecule has 2 aliphatic rings. The van der Waals surface area contributed by atoms with E-state index in [1.165, 1.54) is 4.31 Å². The molecule has 0 radical (unpaired) electrons. The van der Waals surface area contributed by atoms with Crippen molar-refractivity contribution in [3.63, 3.8) is 0 Å². The molecule has 0 unspecified atom stereocenters. The number of amides is 1. The van der Waals surface area contributed by atoms with Gasteiger partial charge in [-0.2, -0.15) is 0 Å². The van der Waals surface area contributed by atoms with Gasteiger partial charge in [-0.05, 0) is 26.7 Å². The Labute approximate surface area is 126 Å². The van der Waals surface area contributed by atoms with E-state index in [1.54, 1.807) is 6.92 Å². The molecule has 0 aromatic carbocycles. The summed E-state index contributed by atoms with van der Waals surface area (Å²) in [7, 11) is -3.11. The molecule has 0 spiro atoms. The van der Waals surface area contributed by atoms with Crippen molar-refractivity contribution in [3.8, 4) is 0 Å². The molecule has 1 amide bonds. The molecule has 2 rings (SSSR count). The average molecular weight is 319 g/mol. The number of nitrogens with one attached hydrogen (secondary N) is 2. The fraction of sp³-hybridized carbons (Fsp3) is 0.923. The molecule has 0 bridgehead atoms. The minimum Gasteiger partial charge on any atom is -0.363 e. The lowest BCUT2D eigenvalue weighted by Crippen LogP contribution is -2.60. The number of carbonyl (C=O) groups is 1. The van der Waals surface area contributed by atoms with Crippen LogP contribution in [0.2, 0.25) is 0 Å². The van der Waals surface area contributed by atoms with Crippen molar-refractivity contribution >= 4 is 15.9 Å². The van der Waals surface area contributed by atoms with Gasteiger partial charge < -0.3 is 15.4 Å². The smallest absolute Gasteiger partial charge is 0.246 e. The topological polar surface area (TPSA) is 87.7 Å². The van der Waals surface area contributed by atoms with Gasteiger partial charge in [0.05, 0.1) is 11.4 Å². The van der Waals surface area contributed by atoms with E-state index in [-0.39, 0.29) is 29.9 Å². The lowest BCUT2D eigenvalue weighted by Gasteiger charge is -2.39. The largest absolute Gasteiger partial charge is 0.363 e. The van der Waals surface area contributed by atoms with E-state index >= 15 is 0 Å². The highest BCUT2D eigenvalue weighted by atomic mass is 32.2. The SMILES string of the molecule is CCS(=O)(=O)N1CCC(NC(=O)COC2(C)CNC2)CC1. The molecule has 8 heteroatoms. The summed E-state index contributed by atoms with van der Waals surface area (Å²) in [6.45, 7) is 6.18. The first-order chi connectivity index (χ1) is 9.85. The van der Waals surface area contributed by atoms with Crippen LogP contribution in [0.1, 0.15) is 26.7 Å². The van der Waals surface area contributed by atoms with Gasteiger partial charge in [0.25, 0.3) is 0 Å². The van der Waals surface area contributed by atoms with E-state index in [9.17, 15) is 13.2 Å². The quantitative estimate of drug-likeness (QED) is 0.676. The molecule has 122 valence electrons. The van der Waals surface area contributed by atoms with Crippen LogP contribution in [0.15, 0.2) is 0 Å². The van der Waals surface area contributed by atoms with Gasteiger partial charge in [0.1, 0.15) is 6.61 Å². The number of hydrogen-bond acceptors (Lipinski definition) is 5. The van der Waals surface area contributed by atoms with E-state index in [0.29, 0.717) is 25.9 Å². The Bertz CT molecular complexity index is 468. The third-order valence-electron chi connectivity index (χ3n) is 4.13. The second kappa shape index (κ2) is 6.60. The summed E-state index contributed by atoms with van der Waals surface area (Å²) in [5.74, 6) is 0.00438. The zero-order valence-corrected chi connectivity index (χ0v) is 13.5. The fourth-order valence-electron chi connectivity index (χ4n) is 2.55. The van der Waals surface area contributed by atoms with Crippen LogP contribution >= 0.6 is 0 Å². The van der Waals surface area contributed by atoms with Crippen LogP contribution in [0.5, 0.6) is 0 Å². The minimum absolute atomic E-state index is 0.0386. The van der Waals surface area contributed by atoms with Crippen LogP contribution < -0.4 is 10.6 Å². The summed E-state index contributed by atoms with van der Waals surface area (Å²) in [5, 5.41) is 6.04. The minimum atomic E-state index is -3.11. The molecule has 2 aliphatic heterocycles. The molecular weight excluding hydrogens is 294 g/mol. The Balaban J connectivity index is 1.69. The van der Waals surface area contributed by atoms with E-state index in [1.807, 2.05) is 6.92 Å². The number of sulfonamides is 1. The second-order valence-electron chi connectivity index (χ2n) is 5.98. The average Bonchev–Trinajstić information content (AvgIpc) is 2.43. The maximum absolute atomic E-state index is 11.8. The normalized spacial score (nSPS) is 23.5. The van der Waals surface area contributed by atoms with Gasteiger partial charge in [-0.25, -0.2) is 12.7 Å². The Morgan fingerprint density at radius 2 is 2.00 bits per heavy atom. The first kappa shape index (κ1) is 16.7. The van der Waals surface area contributed by atoms with Crippen LogP contribution in [-0.2, 0) is 19.6 Å². The maximum Gasteiger partial charge on any atom is 0.246 e. The molecule has 7 nitrogen and oxygen atoms in total. The van der Waals surface area contributed by atoms with Crippen molar-refractivity contribution in [2.75, 3.05) is 38.5 Å². The van der Waals surface area contributed by atoms with Gasteiger partial charge in [-0.15, -0.1) is 0 Å².